The average molecular weight is 250 g/mol. The Hall–Kier alpha value is -1.95. The van der Waals surface area contributed by atoms with Gasteiger partial charge < -0.3 is 10.0 Å². The number of rotatable bonds is 2. The van der Waals surface area contributed by atoms with E-state index in [2.05, 4.69) is 0 Å². The van der Waals surface area contributed by atoms with Crippen molar-refractivity contribution in [2.45, 2.75) is 19.4 Å². The van der Waals surface area contributed by atoms with Crippen LogP contribution >= 0.6 is 0 Å². The number of nitro groups is 1. The van der Waals surface area contributed by atoms with Crippen molar-refractivity contribution in [3.8, 4) is 0 Å². The van der Waals surface area contributed by atoms with Gasteiger partial charge in [-0.1, -0.05) is 6.07 Å². The molecule has 2 rings (SSSR count). The molecule has 1 amide bonds. The van der Waals surface area contributed by atoms with Gasteiger partial charge in [-0.05, 0) is 19.4 Å². The SMILES string of the molecule is Cc1c(C(=O)N2CC[C@@H](O)C2)cccc1[N+](=O)[O-]. The first-order valence-corrected chi connectivity index (χ1v) is 5.72. The molecule has 1 N–H and O–H groups in total. The molecule has 0 aromatic heterocycles. The van der Waals surface area contributed by atoms with Crippen molar-refractivity contribution in [2.24, 2.45) is 0 Å². The number of aliphatic hydroxyl groups excluding tert-OH is 1. The predicted molar refractivity (Wildman–Crippen MR) is 64.4 cm³/mol. The summed E-state index contributed by atoms with van der Waals surface area (Å²) in [5.41, 5.74) is 0.646. The van der Waals surface area contributed by atoms with E-state index in [0.29, 0.717) is 30.6 Å². The minimum atomic E-state index is -0.495. The van der Waals surface area contributed by atoms with Crippen LogP contribution in [0.25, 0.3) is 0 Å². The fourth-order valence-electron chi connectivity index (χ4n) is 2.15. The van der Waals surface area contributed by atoms with Gasteiger partial charge in [0.25, 0.3) is 11.6 Å². The first-order chi connectivity index (χ1) is 8.50. The van der Waals surface area contributed by atoms with E-state index in [0.717, 1.165) is 0 Å². The number of carbonyl (C=O) groups excluding carboxylic acids is 1. The van der Waals surface area contributed by atoms with E-state index in [1.54, 1.807) is 13.0 Å². The van der Waals surface area contributed by atoms with Crippen LogP contribution in [0.5, 0.6) is 0 Å². The molecule has 1 heterocycles. The molecule has 1 aliphatic heterocycles. The highest BCUT2D eigenvalue weighted by Gasteiger charge is 2.27. The van der Waals surface area contributed by atoms with Gasteiger partial charge in [-0.3, -0.25) is 14.9 Å². The highest BCUT2D eigenvalue weighted by Crippen LogP contribution is 2.23. The van der Waals surface area contributed by atoms with Crippen molar-refractivity contribution in [3.05, 3.63) is 39.4 Å². The Labute approximate surface area is 104 Å². The highest BCUT2D eigenvalue weighted by molar-refractivity contribution is 5.96. The molecular weight excluding hydrogens is 236 g/mol. The van der Waals surface area contributed by atoms with Crippen LogP contribution in [0.15, 0.2) is 18.2 Å². The normalized spacial score (nSPS) is 19.0. The third-order valence-corrected chi connectivity index (χ3v) is 3.18. The maximum atomic E-state index is 12.2. The summed E-state index contributed by atoms with van der Waals surface area (Å²) in [5.74, 6) is -0.257. The maximum Gasteiger partial charge on any atom is 0.273 e. The van der Waals surface area contributed by atoms with E-state index in [1.165, 1.54) is 17.0 Å². The summed E-state index contributed by atoms with van der Waals surface area (Å²) in [6.45, 7) is 2.35. The summed E-state index contributed by atoms with van der Waals surface area (Å²) in [4.78, 5) is 24.0. The van der Waals surface area contributed by atoms with E-state index in [-0.39, 0.29) is 11.6 Å². The van der Waals surface area contributed by atoms with E-state index in [4.69, 9.17) is 0 Å². The van der Waals surface area contributed by atoms with Crippen molar-refractivity contribution in [1.29, 1.82) is 0 Å². The van der Waals surface area contributed by atoms with Gasteiger partial charge in [0.15, 0.2) is 0 Å². The Morgan fingerprint density at radius 1 is 1.56 bits per heavy atom. The number of hydrogen-bond donors (Lipinski definition) is 1. The summed E-state index contributed by atoms with van der Waals surface area (Å²) in [5, 5.41) is 20.2. The van der Waals surface area contributed by atoms with Gasteiger partial charge in [-0.2, -0.15) is 0 Å². The molecule has 96 valence electrons. The molecule has 0 spiro atoms. The summed E-state index contributed by atoms with van der Waals surface area (Å²) in [6.07, 6.45) is 0.0626. The molecular formula is C12H14N2O4. The number of carbonyl (C=O) groups is 1. The zero-order chi connectivity index (χ0) is 13.3. The Bertz CT molecular complexity index is 501. The number of amides is 1. The minimum absolute atomic E-state index is 0.0550. The molecule has 1 atom stereocenters. The fourth-order valence-corrected chi connectivity index (χ4v) is 2.15. The van der Waals surface area contributed by atoms with E-state index in [1.807, 2.05) is 0 Å². The molecule has 0 saturated carbocycles. The molecule has 0 unspecified atom stereocenters. The summed E-state index contributed by atoms with van der Waals surface area (Å²) in [6, 6.07) is 4.46. The quantitative estimate of drug-likeness (QED) is 0.629. The number of likely N-dealkylation sites (tertiary alicyclic amines) is 1. The highest BCUT2D eigenvalue weighted by atomic mass is 16.6. The van der Waals surface area contributed by atoms with Crippen molar-refractivity contribution in [2.75, 3.05) is 13.1 Å². The largest absolute Gasteiger partial charge is 0.391 e. The summed E-state index contributed by atoms with van der Waals surface area (Å²) < 4.78 is 0. The lowest BCUT2D eigenvalue weighted by Gasteiger charge is -2.16. The van der Waals surface area contributed by atoms with Gasteiger partial charge in [-0.15, -0.1) is 0 Å². The zero-order valence-corrected chi connectivity index (χ0v) is 10.00. The van der Waals surface area contributed by atoms with E-state index >= 15 is 0 Å². The van der Waals surface area contributed by atoms with Crippen LogP contribution in [0.2, 0.25) is 0 Å². The van der Waals surface area contributed by atoms with Crippen molar-refractivity contribution in [3.63, 3.8) is 0 Å². The summed E-state index contributed by atoms with van der Waals surface area (Å²) >= 11 is 0. The molecule has 1 aromatic rings. The van der Waals surface area contributed by atoms with Gasteiger partial charge in [-0.25, -0.2) is 0 Å². The number of nitro benzene ring substituents is 1. The lowest BCUT2D eigenvalue weighted by Crippen LogP contribution is -2.30. The zero-order valence-electron chi connectivity index (χ0n) is 10.00. The second-order valence-corrected chi connectivity index (χ2v) is 4.40. The van der Waals surface area contributed by atoms with Gasteiger partial charge in [0, 0.05) is 30.3 Å². The number of hydrogen-bond acceptors (Lipinski definition) is 4. The molecule has 18 heavy (non-hydrogen) atoms. The van der Waals surface area contributed by atoms with Gasteiger partial charge in [0.05, 0.1) is 11.0 Å². The van der Waals surface area contributed by atoms with Crippen LogP contribution in [0.4, 0.5) is 5.69 Å². The van der Waals surface area contributed by atoms with Crippen molar-refractivity contribution < 1.29 is 14.8 Å². The second-order valence-electron chi connectivity index (χ2n) is 4.40. The average Bonchev–Trinajstić information content (AvgIpc) is 2.75. The topological polar surface area (TPSA) is 83.7 Å². The molecule has 1 saturated heterocycles. The number of β-amino-alcohol motifs (C(OH)–C–C–N with tert-alkyl or cyclic N) is 1. The number of nitrogens with zero attached hydrogens (tertiary/aromatic N) is 2. The van der Waals surface area contributed by atoms with Crippen LogP contribution < -0.4 is 0 Å². The smallest absolute Gasteiger partial charge is 0.273 e. The Kier molecular flexibility index (Phi) is 3.29. The molecule has 1 aliphatic rings. The molecule has 1 aromatic carbocycles. The van der Waals surface area contributed by atoms with Gasteiger partial charge in [0.2, 0.25) is 0 Å². The van der Waals surface area contributed by atoms with Crippen LogP contribution in [0, 0.1) is 17.0 Å². The monoisotopic (exact) mass is 250 g/mol. The molecule has 0 bridgehead atoms. The van der Waals surface area contributed by atoms with Gasteiger partial charge >= 0.3 is 0 Å². The lowest BCUT2D eigenvalue weighted by molar-refractivity contribution is -0.385. The third-order valence-electron chi connectivity index (χ3n) is 3.18. The second kappa shape index (κ2) is 4.73. The molecule has 1 fully saturated rings. The Balaban J connectivity index is 2.31. The molecule has 0 aliphatic carbocycles. The molecule has 6 heteroatoms. The number of aliphatic hydroxyl groups is 1. The maximum absolute atomic E-state index is 12.2. The van der Waals surface area contributed by atoms with Crippen molar-refractivity contribution in [1.82, 2.24) is 4.90 Å². The minimum Gasteiger partial charge on any atom is -0.391 e. The Morgan fingerprint density at radius 2 is 2.28 bits per heavy atom. The first kappa shape index (κ1) is 12.5. The van der Waals surface area contributed by atoms with Crippen molar-refractivity contribution >= 4 is 11.6 Å². The standard InChI is InChI=1S/C12H14N2O4/c1-8-10(3-2-4-11(8)14(17)18)12(16)13-6-5-9(15)7-13/h2-4,9,15H,5-7H2,1H3/t9-/m1/s1. The van der Waals surface area contributed by atoms with Crippen LogP contribution in [0.1, 0.15) is 22.3 Å². The Morgan fingerprint density at radius 3 is 2.83 bits per heavy atom. The fraction of sp³-hybridized carbons (Fsp3) is 0.417. The van der Waals surface area contributed by atoms with Crippen LogP contribution in [-0.2, 0) is 0 Å². The number of benzene rings is 1. The third kappa shape index (κ3) is 2.19. The summed E-state index contributed by atoms with van der Waals surface area (Å²) in [7, 11) is 0. The van der Waals surface area contributed by atoms with E-state index < -0.39 is 11.0 Å². The molecule has 0 radical (unpaired) electrons. The lowest BCUT2D eigenvalue weighted by atomic mass is 10.1. The van der Waals surface area contributed by atoms with Crippen LogP contribution in [-0.4, -0.2) is 40.0 Å². The molecule has 6 nitrogen and oxygen atoms in total. The predicted octanol–water partition coefficient (Wildman–Crippen LogP) is 1.11. The first-order valence-electron chi connectivity index (χ1n) is 5.72. The van der Waals surface area contributed by atoms with E-state index in [9.17, 15) is 20.0 Å². The van der Waals surface area contributed by atoms with Crippen LogP contribution in [0.3, 0.4) is 0 Å². The van der Waals surface area contributed by atoms with Gasteiger partial charge in [0.1, 0.15) is 0 Å².